The Morgan fingerprint density at radius 3 is 2.32 bits per heavy atom. The van der Waals surface area contributed by atoms with Gasteiger partial charge in [0.2, 0.25) is 10.0 Å². The highest BCUT2D eigenvalue weighted by molar-refractivity contribution is 7.93. The van der Waals surface area contributed by atoms with Crippen molar-refractivity contribution in [3.05, 3.63) is 72.3 Å². The lowest BCUT2D eigenvalue weighted by atomic mass is 9.84. The van der Waals surface area contributed by atoms with Gasteiger partial charge in [0.25, 0.3) is 0 Å². The number of hydrogen-bond donors (Lipinski definition) is 4. The number of nitrogens with zero attached hydrogens (tertiary/aromatic N) is 1. The van der Waals surface area contributed by atoms with Crippen LogP contribution in [0.3, 0.4) is 0 Å². The highest BCUT2D eigenvalue weighted by atomic mass is 32.2. The number of rotatable bonds is 16. The number of ether oxygens (including phenoxy) is 3. The second-order valence-electron chi connectivity index (χ2n) is 15.3. The first-order valence-corrected chi connectivity index (χ1v) is 21.3. The van der Waals surface area contributed by atoms with Crippen LogP contribution in [-0.4, -0.2) is 106 Å². The van der Waals surface area contributed by atoms with Crippen LogP contribution in [0.15, 0.2) is 76.5 Å². The predicted octanol–water partition coefficient (Wildman–Crippen LogP) is 3.63. The maximum Gasteiger partial charge on any atom is 0.246 e. The molecule has 290 valence electrons. The zero-order valence-electron chi connectivity index (χ0n) is 30.8. The van der Waals surface area contributed by atoms with Crippen LogP contribution in [0.4, 0.5) is 0 Å². The summed E-state index contributed by atoms with van der Waals surface area (Å²) < 4.78 is 72.4. The molecule has 0 bridgehead atoms. The molecule has 0 amide bonds. The molecule has 2 atom stereocenters. The summed E-state index contributed by atoms with van der Waals surface area (Å²) in [7, 11) is -7.56. The lowest BCUT2D eigenvalue weighted by Gasteiger charge is -2.38. The number of nitrogens with one attached hydrogen (secondary N) is 1. The summed E-state index contributed by atoms with van der Waals surface area (Å²) >= 11 is 0. The van der Waals surface area contributed by atoms with Crippen molar-refractivity contribution >= 4 is 19.9 Å². The van der Waals surface area contributed by atoms with E-state index >= 15 is 0 Å². The average Bonchev–Trinajstić information content (AvgIpc) is 3.89. The van der Waals surface area contributed by atoms with E-state index < -0.39 is 42.9 Å². The molecule has 3 aromatic rings. The van der Waals surface area contributed by atoms with Crippen molar-refractivity contribution in [3.8, 4) is 22.6 Å². The summed E-state index contributed by atoms with van der Waals surface area (Å²) in [5, 5.41) is 23.6. The lowest BCUT2D eigenvalue weighted by Crippen LogP contribution is -2.47. The van der Waals surface area contributed by atoms with Crippen LogP contribution >= 0.6 is 0 Å². The molecule has 53 heavy (non-hydrogen) atoms. The van der Waals surface area contributed by atoms with Crippen molar-refractivity contribution in [2.24, 2.45) is 5.73 Å². The van der Waals surface area contributed by atoms with Gasteiger partial charge in [-0.3, -0.25) is 0 Å². The minimum atomic E-state index is -3.88. The number of benzene rings is 3. The lowest BCUT2D eigenvalue weighted by molar-refractivity contribution is -0.0312. The minimum absolute atomic E-state index is 0.0301. The largest absolute Gasteiger partial charge is 0.492 e. The predicted molar refractivity (Wildman–Crippen MR) is 202 cm³/mol. The highest BCUT2D eigenvalue weighted by Crippen LogP contribution is 2.46. The maximum atomic E-state index is 14.1. The minimum Gasteiger partial charge on any atom is -0.492 e. The van der Waals surface area contributed by atoms with Gasteiger partial charge >= 0.3 is 0 Å². The smallest absolute Gasteiger partial charge is 0.246 e. The van der Waals surface area contributed by atoms with Gasteiger partial charge in [-0.15, -0.1) is 0 Å². The number of aliphatic hydroxyl groups is 2. The summed E-state index contributed by atoms with van der Waals surface area (Å²) in [6.07, 6.45) is 1.75. The van der Waals surface area contributed by atoms with Crippen LogP contribution in [0.1, 0.15) is 58.4 Å². The van der Waals surface area contributed by atoms with Gasteiger partial charge in [-0.05, 0) is 86.1 Å². The summed E-state index contributed by atoms with van der Waals surface area (Å²) in [6, 6.07) is 19.5. The summed E-state index contributed by atoms with van der Waals surface area (Å²) in [4.78, 5) is 0.242. The molecule has 14 heteroatoms. The molecule has 5 N–H and O–H groups in total. The first-order valence-electron chi connectivity index (χ1n) is 18.4. The number of sulfone groups is 1. The number of sulfonamides is 1. The molecule has 0 aromatic heterocycles. The van der Waals surface area contributed by atoms with Crippen LogP contribution in [0, 0.1) is 0 Å². The number of nitrogens with two attached hydrogens (primary N) is 1. The standard InChI is InChI=1S/C39H53N3O9S2/c1-4-49-35-13-10-29(28-8-11-30(12-9-28)37(2,3)26-40)20-36(35)53(47,48)42-18-16-38(17-19-42)22-31(24-51-38)41-23-32(44)25-50-33-6-5-7-34(21-33)52(45,46)39(27-43)14-15-39/h5-13,20-21,31-32,41,43-44H,4,14-19,22-27,40H2,1-3H3/t31-,32+/m1/s1. The van der Waals surface area contributed by atoms with E-state index in [2.05, 4.69) is 19.2 Å². The highest BCUT2D eigenvalue weighted by Gasteiger charge is 2.54. The SMILES string of the molecule is CCOc1ccc(-c2ccc(C(C)(C)CN)cc2)cc1S(=O)(=O)N1CCC2(CC1)C[C@@H](NC[C@H](O)COc1cccc(S(=O)(=O)C3(CO)CC3)c1)CO2. The molecule has 3 fully saturated rings. The Hall–Kier alpha value is -3.08. The molecule has 2 aliphatic heterocycles. The van der Waals surface area contributed by atoms with Gasteiger partial charge in [0, 0.05) is 37.6 Å². The van der Waals surface area contributed by atoms with Crippen molar-refractivity contribution in [1.82, 2.24) is 9.62 Å². The van der Waals surface area contributed by atoms with Gasteiger partial charge in [0.05, 0.1) is 35.1 Å². The molecule has 2 heterocycles. The number of piperidine rings is 1. The molecular weight excluding hydrogens is 719 g/mol. The first-order chi connectivity index (χ1) is 25.2. The van der Waals surface area contributed by atoms with Gasteiger partial charge in [-0.25, -0.2) is 16.8 Å². The van der Waals surface area contributed by atoms with E-state index in [1.54, 1.807) is 24.3 Å². The van der Waals surface area contributed by atoms with E-state index in [1.807, 2.05) is 37.3 Å². The van der Waals surface area contributed by atoms with Crippen LogP contribution < -0.4 is 20.5 Å². The van der Waals surface area contributed by atoms with E-state index in [0.717, 1.165) is 16.7 Å². The van der Waals surface area contributed by atoms with E-state index in [4.69, 9.17) is 19.9 Å². The van der Waals surface area contributed by atoms with E-state index in [1.165, 1.54) is 16.4 Å². The first kappa shape index (κ1) is 39.6. The monoisotopic (exact) mass is 771 g/mol. The third-order valence-electron chi connectivity index (χ3n) is 11.1. The van der Waals surface area contributed by atoms with E-state index in [0.29, 0.717) is 76.5 Å². The third-order valence-corrected chi connectivity index (χ3v) is 15.6. The van der Waals surface area contributed by atoms with Gasteiger partial charge in [-0.1, -0.05) is 50.2 Å². The fourth-order valence-corrected chi connectivity index (χ4v) is 10.6. The molecule has 1 spiro atoms. The van der Waals surface area contributed by atoms with Crippen molar-refractivity contribution in [2.75, 3.05) is 52.6 Å². The van der Waals surface area contributed by atoms with Gasteiger partial charge in [0.15, 0.2) is 9.84 Å². The van der Waals surface area contributed by atoms with Crippen molar-refractivity contribution in [3.63, 3.8) is 0 Å². The Morgan fingerprint density at radius 2 is 1.68 bits per heavy atom. The van der Waals surface area contributed by atoms with Crippen LogP contribution in [0.25, 0.3) is 11.1 Å². The zero-order chi connectivity index (χ0) is 38.1. The van der Waals surface area contributed by atoms with Crippen LogP contribution in [0.5, 0.6) is 11.5 Å². The molecule has 2 saturated heterocycles. The fourth-order valence-electron chi connectivity index (χ4n) is 7.18. The Bertz CT molecular complexity index is 1960. The Balaban J connectivity index is 1.02. The zero-order valence-corrected chi connectivity index (χ0v) is 32.4. The fraction of sp³-hybridized carbons (Fsp3) is 0.538. The van der Waals surface area contributed by atoms with E-state index in [9.17, 15) is 27.0 Å². The third kappa shape index (κ3) is 8.30. The molecule has 3 aliphatic rings. The Morgan fingerprint density at radius 1 is 0.981 bits per heavy atom. The van der Waals surface area contributed by atoms with Crippen molar-refractivity contribution in [1.29, 1.82) is 0 Å². The van der Waals surface area contributed by atoms with Crippen LogP contribution in [0.2, 0.25) is 0 Å². The summed E-state index contributed by atoms with van der Waals surface area (Å²) in [5.41, 5.74) is 8.13. The molecule has 1 aliphatic carbocycles. The molecule has 0 unspecified atom stereocenters. The molecule has 12 nitrogen and oxygen atoms in total. The van der Waals surface area contributed by atoms with Gasteiger partial charge < -0.3 is 35.5 Å². The number of aliphatic hydroxyl groups excluding tert-OH is 2. The summed E-state index contributed by atoms with van der Waals surface area (Å²) in [6.45, 7) is 7.68. The molecule has 3 aromatic carbocycles. The second-order valence-corrected chi connectivity index (χ2v) is 19.5. The summed E-state index contributed by atoms with van der Waals surface area (Å²) in [5.74, 6) is 0.650. The second kappa shape index (κ2) is 15.6. The van der Waals surface area contributed by atoms with Crippen LogP contribution in [-0.2, 0) is 30.0 Å². The Labute approximate surface area is 313 Å². The Kier molecular flexibility index (Phi) is 11.6. The number of hydrogen-bond acceptors (Lipinski definition) is 11. The molecular formula is C39H53N3O9S2. The normalized spacial score (nSPS) is 20.7. The maximum absolute atomic E-state index is 14.1. The average molecular weight is 772 g/mol. The van der Waals surface area contributed by atoms with Crippen molar-refractivity contribution < 1.29 is 41.3 Å². The van der Waals surface area contributed by atoms with Gasteiger partial charge in [-0.2, -0.15) is 4.31 Å². The molecule has 0 radical (unpaired) electrons. The topological polar surface area (TPSA) is 178 Å². The van der Waals surface area contributed by atoms with E-state index in [-0.39, 0.29) is 34.4 Å². The quantitative estimate of drug-likeness (QED) is 0.167. The molecule has 1 saturated carbocycles. The van der Waals surface area contributed by atoms with Crippen molar-refractivity contribution in [2.45, 2.75) is 90.6 Å². The van der Waals surface area contributed by atoms with Gasteiger partial charge in [0.1, 0.15) is 29.1 Å². The molecule has 6 rings (SSSR count).